The normalized spacial score (nSPS) is 14.2. The second kappa shape index (κ2) is 8.06. The second-order valence-electron chi connectivity index (χ2n) is 3.10. The molecule has 2 nitrogen and oxygen atoms in total. The molecule has 0 heterocycles. The van der Waals surface area contributed by atoms with Crippen LogP contribution in [0, 0.1) is 0 Å². The fraction of sp³-hybridized carbons (Fsp3) is 0.455. The third-order valence-corrected chi connectivity index (χ3v) is 2.12. The molecule has 0 atom stereocenters. The van der Waals surface area contributed by atoms with Crippen molar-refractivity contribution in [3.8, 4) is 0 Å². The zero-order valence-corrected chi connectivity index (χ0v) is 10.5. The minimum atomic E-state index is -4.39. The molecule has 0 aliphatic carbocycles. The molecule has 0 unspecified atom stereocenters. The zero-order chi connectivity index (χ0) is 13.3. The molecule has 0 amide bonds. The highest BCUT2D eigenvalue weighted by atomic mass is 35.5. The fourth-order valence-corrected chi connectivity index (χ4v) is 1.18. The smallest absolute Gasteiger partial charge is 0.374 e. The van der Waals surface area contributed by atoms with Gasteiger partial charge in [0.05, 0.1) is 12.5 Å². The lowest BCUT2D eigenvalue weighted by Gasteiger charge is -2.12. The molecule has 0 saturated carbocycles. The van der Waals surface area contributed by atoms with Gasteiger partial charge in [0.1, 0.15) is 0 Å². The quantitative estimate of drug-likeness (QED) is 0.334. The Hall–Kier alpha value is -1.10. The van der Waals surface area contributed by atoms with Gasteiger partial charge in [-0.15, -0.1) is 11.6 Å². The largest absolute Gasteiger partial charge is 0.413 e. The van der Waals surface area contributed by atoms with E-state index in [2.05, 4.69) is 10.6 Å². The van der Waals surface area contributed by atoms with Crippen LogP contribution < -0.4 is 10.6 Å². The van der Waals surface area contributed by atoms with Gasteiger partial charge in [0, 0.05) is 11.3 Å². The maximum atomic E-state index is 12.4. The summed E-state index contributed by atoms with van der Waals surface area (Å²) in [7, 11) is 0. The first kappa shape index (κ1) is 15.9. The lowest BCUT2D eigenvalue weighted by molar-refractivity contribution is -0.0909. The SMILES string of the molecule is C/C=C/NCNC(/C=C(\CCl)C(F)(F)F)=C/C. The Labute approximate surface area is 104 Å². The van der Waals surface area contributed by atoms with Crippen molar-refractivity contribution in [2.45, 2.75) is 20.0 Å². The summed E-state index contributed by atoms with van der Waals surface area (Å²) in [4.78, 5) is 0. The molecule has 0 aliphatic heterocycles. The molecule has 6 heteroatoms. The number of alkyl halides is 4. The van der Waals surface area contributed by atoms with Gasteiger partial charge < -0.3 is 10.6 Å². The molecule has 2 N–H and O–H groups in total. The third kappa shape index (κ3) is 6.94. The highest BCUT2D eigenvalue weighted by Gasteiger charge is 2.32. The van der Waals surface area contributed by atoms with Crippen LogP contribution in [0.1, 0.15) is 13.8 Å². The van der Waals surface area contributed by atoms with Gasteiger partial charge in [-0.05, 0) is 26.1 Å². The molecule has 0 aromatic rings. The van der Waals surface area contributed by atoms with Gasteiger partial charge in [-0.2, -0.15) is 13.2 Å². The van der Waals surface area contributed by atoms with Crippen molar-refractivity contribution in [2.24, 2.45) is 0 Å². The molecule has 17 heavy (non-hydrogen) atoms. The minimum Gasteiger partial charge on any atom is -0.374 e. The van der Waals surface area contributed by atoms with Crippen LogP contribution in [-0.2, 0) is 0 Å². The van der Waals surface area contributed by atoms with Crippen LogP contribution in [0.25, 0.3) is 0 Å². The van der Waals surface area contributed by atoms with E-state index in [1.807, 2.05) is 6.92 Å². The summed E-state index contributed by atoms with van der Waals surface area (Å²) in [6.45, 7) is 3.82. The van der Waals surface area contributed by atoms with E-state index in [-0.39, 0.29) is 0 Å². The molecule has 98 valence electrons. The third-order valence-electron chi connectivity index (χ3n) is 1.83. The van der Waals surface area contributed by atoms with E-state index in [1.54, 1.807) is 25.3 Å². The zero-order valence-electron chi connectivity index (χ0n) is 9.74. The van der Waals surface area contributed by atoms with Crippen LogP contribution in [0.15, 0.2) is 35.7 Å². The van der Waals surface area contributed by atoms with Crippen molar-refractivity contribution in [1.29, 1.82) is 0 Å². The number of rotatable bonds is 6. The first-order valence-corrected chi connectivity index (χ1v) is 5.57. The molecule has 0 aromatic carbocycles. The monoisotopic (exact) mass is 268 g/mol. The molecule has 0 bridgehead atoms. The van der Waals surface area contributed by atoms with Gasteiger partial charge in [0.15, 0.2) is 0 Å². The van der Waals surface area contributed by atoms with Crippen LogP contribution in [0.2, 0.25) is 0 Å². The van der Waals surface area contributed by atoms with Gasteiger partial charge in [-0.3, -0.25) is 0 Å². The van der Waals surface area contributed by atoms with Crippen molar-refractivity contribution >= 4 is 11.6 Å². The van der Waals surface area contributed by atoms with E-state index >= 15 is 0 Å². The van der Waals surface area contributed by atoms with Crippen LogP contribution in [0.4, 0.5) is 13.2 Å². The number of hydrogen-bond donors (Lipinski definition) is 2. The first-order valence-electron chi connectivity index (χ1n) is 5.04. The average molecular weight is 269 g/mol. The van der Waals surface area contributed by atoms with Gasteiger partial charge in [0.25, 0.3) is 0 Å². The van der Waals surface area contributed by atoms with E-state index in [4.69, 9.17) is 11.6 Å². The maximum absolute atomic E-state index is 12.4. The number of halogens is 4. The molecular weight excluding hydrogens is 253 g/mol. The highest BCUT2D eigenvalue weighted by Crippen LogP contribution is 2.27. The first-order chi connectivity index (χ1) is 7.95. The maximum Gasteiger partial charge on any atom is 0.413 e. The fourth-order valence-electron chi connectivity index (χ4n) is 0.950. The van der Waals surface area contributed by atoms with Crippen molar-refractivity contribution < 1.29 is 13.2 Å². The predicted octanol–water partition coefficient (Wildman–Crippen LogP) is 3.29. The topological polar surface area (TPSA) is 24.1 Å². The van der Waals surface area contributed by atoms with Crippen molar-refractivity contribution in [2.75, 3.05) is 12.5 Å². The van der Waals surface area contributed by atoms with Gasteiger partial charge in [-0.25, -0.2) is 0 Å². The van der Waals surface area contributed by atoms with E-state index in [0.717, 1.165) is 6.08 Å². The van der Waals surface area contributed by atoms with Crippen LogP contribution in [0.3, 0.4) is 0 Å². The summed E-state index contributed by atoms with van der Waals surface area (Å²) in [6.07, 6.45) is 1.64. The lowest BCUT2D eigenvalue weighted by Crippen LogP contribution is -2.25. The van der Waals surface area contributed by atoms with Crippen molar-refractivity contribution in [3.63, 3.8) is 0 Å². The Kier molecular flexibility index (Phi) is 7.54. The standard InChI is InChI=1S/C11H16ClF3N2/c1-3-5-16-8-17-10(4-2)6-9(7-12)11(13,14)15/h3-6,16-17H,7-8H2,1-2H3/b5-3+,9-6+,10-4+. The van der Waals surface area contributed by atoms with Gasteiger partial charge >= 0.3 is 6.18 Å². The Morgan fingerprint density at radius 3 is 2.35 bits per heavy atom. The summed E-state index contributed by atoms with van der Waals surface area (Å²) >= 11 is 5.27. The minimum absolute atomic E-state index is 0.341. The summed E-state index contributed by atoms with van der Waals surface area (Å²) in [5.41, 5.74) is -0.402. The summed E-state index contributed by atoms with van der Waals surface area (Å²) < 4.78 is 37.3. The summed E-state index contributed by atoms with van der Waals surface area (Å²) in [6, 6.07) is 0. The highest BCUT2D eigenvalue weighted by molar-refractivity contribution is 6.19. The van der Waals surface area contributed by atoms with E-state index in [9.17, 15) is 13.2 Å². The molecule has 0 aliphatic rings. The predicted molar refractivity (Wildman–Crippen MR) is 64.6 cm³/mol. The lowest BCUT2D eigenvalue weighted by atomic mass is 10.2. The summed E-state index contributed by atoms with van der Waals surface area (Å²) in [5.74, 6) is -0.565. The van der Waals surface area contributed by atoms with E-state index in [0.29, 0.717) is 12.4 Å². The Balaban J connectivity index is 4.52. The Morgan fingerprint density at radius 1 is 1.29 bits per heavy atom. The average Bonchev–Trinajstić information content (AvgIpc) is 2.26. The van der Waals surface area contributed by atoms with Crippen molar-refractivity contribution in [3.05, 3.63) is 35.7 Å². The van der Waals surface area contributed by atoms with Gasteiger partial charge in [-0.1, -0.05) is 12.2 Å². The molecule has 0 spiro atoms. The van der Waals surface area contributed by atoms with Crippen LogP contribution >= 0.6 is 11.6 Å². The molecule has 0 fully saturated rings. The molecule has 0 aromatic heterocycles. The van der Waals surface area contributed by atoms with Gasteiger partial charge in [0.2, 0.25) is 0 Å². The molecular formula is C11H16ClF3N2. The summed E-state index contributed by atoms with van der Waals surface area (Å²) in [5, 5.41) is 5.66. The second-order valence-corrected chi connectivity index (χ2v) is 3.37. The van der Waals surface area contributed by atoms with E-state index < -0.39 is 17.6 Å². The molecule has 0 rings (SSSR count). The molecule has 0 radical (unpaired) electrons. The molecule has 0 saturated heterocycles. The number of nitrogens with one attached hydrogen (secondary N) is 2. The number of hydrogen-bond acceptors (Lipinski definition) is 2. The van der Waals surface area contributed by atoms with Crippen molar-refractivity contribution in [1.82, 2.24) is 10.6 Å². The van der Waals surface area contributed by atoms with Crippen LogP contribution in [0.5, 0.6) is 0 Å². The Morgan fingerprint density at radius 2 is 1.94 bits per heavy atom. The van der Waals surface area contributed by atoms with Crippen LogP contribution in [-0.4, -0.2) is 18.7 Å². The Bertz CT molecular complexity index is 306. The van der Waals surface area contributed by atoms with E-state index in [1.165, 1.54) is 0 Å². The number of allylic oxidation sites excluding steroid dienone is 4.